The van der Waals surface area contributed by atoms with E-state index in [2.05, 4.69) is 0 Å². The number of hydrogen-bond donors (Lipinski definition) is 0. The van der Waals surface area contributed by atoms with Gasteiger partial charge in [0.05, 0.1) is 13.7 Å². The highest BCUT2D eigenvalue weighted by Crippen LogP contribution is 2.31. The number of ether oxygens (including phenoxy) is 2. The Morgan fingerprint density at radius 2 is 2.19 bits per heavy atom. The maximum absolute atomic E-state index is 10.6. The van der Waals surface area contributed by atoms with E-state index in [4.69, 9.17) is 9.47 Å². The highest BCUT2D eigenvalue weighted by molar-refractivity contribution is 5.76. The SMILES string of the molecule is COc1cc(C=O)ccc1OCC1CCC1. The zero-order chi connectivity index (χ0) is 11.4. The molecular weight excluding hydrogens is 204 g/mol. The van der Waals surface area contributed by atoms with Crippen molar-refractivity contribution in [2.75, 3.05) is 13.7 Å². The molecular formula is C13H16O3. The minimum atomic E-state index is 0.604. The van der Waals surface area contributed by atoms with Crippen molar-refractivity contribution in [2.45, 2.75) is 19.3 Å². The molecule has 0 amide bonds. The Hall–Kier alpha value is -1.51. The lowest BCUT2D eigenvalue weighted by molar-refractivity contribution is 0.112. The Labute approximate surface area is 95.4 Å². The summed E-state index contributed by atoms with van der Waals surface area (Å²) in [7, 11) is 1.58. The van der Waals surface area contributed by atoms with Gasteiger partial charge >= 0.3 is 0 Å². The molecule has 1 fully saturated rings. The van der Waals surface area contributed by atoms with Gasteiger partial charge < -0.3 is 9.47 Å². The van der Waals surface area contributed by atoms with Crippen LogP contribution in [0, 0.1) is 5.92 Å². The number of benzene rings is 1. The Morgan fingerprint density at radius 1 is 1.38 bits per heavy atom. The molecule has 3 nitrogen and oxygen atoms in total. The summed E-state index contributed by atoms with van der Waals surface area (Å²) in [5.74, 6) is 2.04. The zero-order valence-electron chi connectivity index (χ0n) is 9.44. The van der Waals surface area contributed by atoms with E-state index in [1.54, 1.807) is 25.3 Å². The fourth-order valence-corrected chi connectivity index (χ4v) is 1.74. The van der Waals surface area contributed by atoms with Gasteiger partial charge in [-0.15, -0.1) is 0 Å². The number of aldehydes is 1. The van der Waals surface area contributed by atoms with Crippen molar-refractivity contribution < 1.29 is 14.3 Å². The number of rotatable bonds is 5. The Bertz CT molecular complexity index is 369. The summed E-state index contributed by atoms with van der Waals surface area (Å²) < 4.78 is 10.9. The maximum Gasteiger partial charge on any atom is 0.161 e. The lowest BCUT2D eigenvalue weighted by atomic mass is 9.86. The molecule has 1 aliphatic rings. The summed E-state index contributed by atoms with van der Waals surface area (Å²) in [6.07, 6.45) is 4.64. The highest BCUT2D eigenvalue weighted by atomic mass is 16.5. The molecule has 0 saturated heterocycles. The minimum Gasteiger partial charge on any atom is -0.493 e. The average molecular weight is 220 g/mol. The van der Waals surface area contributed by atoms with E-state index in [1.807, 2.05) is 0 Å². The molecule has 1 aromatic rings. The zero-order valence-corrected chi connectivity index (χ0v) is 9.44. The van der Waals surface area contributed by atoms with Crippen LogP contribution < -0.4 is 9.47 Å². The Kier molecular flexibility index (Phi) is 3.44. The van der Waals surface area contributed by atoms with Crippen LogP contribution in [0.2, 0.25) is 0 Å². The third-order valence-corrected chi connectivity index (χ3v) is 3.02. The van der Waals surface area contributed by atoms with E-state index in [0.717, 1.165) is 18.6 Å². The van der Waals surface area contributed by atoms with E-state index < -0.39 is 0 Å². The van der Waals surface area contributed by atoms with Crippen LogP contribution in [0.4, 0.5) is 0 Å². The molecule has 1 saturated carbocycles. The monoisotopic (exact) mass is 220 g/mol. The van der Waals surface area contributed by atoms with E-state index in [0.29, 0.717) is 17.2 Å². The van der Waals surface area contributed by atoms with Crippen LogP contribution in [-0.4, -0.2) is 20.0 Å². The molecule has 2 rings (SSSR count). The van der Waals surface area contributed by atoms with Crippen LogP contribution in [0.5, 0.6) is 11.5 Å². The van der Waals surface area contributed by atoms with E-state index in [9.17, 15) is 4.79 Å². The predicted octanol–water partition coefficient (Wildman–Crippen LogP) is 2.69. The summed E-state index contributed by atoms with van der Waals surface area (Å²) in [5, 5.41) is 0. The van der Waals surface area contributed by atoms with Gasteiger partial charge in [-0.2, -0.15) is 0 Å². The lowest BCUT2D eigenvalue weighted by Gasteiger charge is -2.25. The van der Waals surface area contributed by atoms with Gasteiger partial charge in [0, 0.05) is 5.56 Å². The molecule has 0 spiro atoms. The summed E-state index contributed by atoms with van der Waals surface area (Å²) in [6, 6.07) is 5.23. The fourth-order valence-electron chi connectivity index (χ4n) is 1.74. The molecule has 1 aromatic carbocycles. The quantitative estimate of drug-likeness (QED) is 0.716. The van der Waals surface area contributed by atoms with Crippen LogP contribution in [0.3, 0.4) is 0 Å². The number of hydrogen-bond acceptors (Lipinski definition) is 3. The average Bonchev–Trinajstić information content (AvgIpc) is 2.27. The van der Waals surface area contributed by atoms with Crippen molar-refractivity contribution >= 4 is 6.29 Å². The van der Waals surface area contributed by atoms with E-state index in [1.165, 1.54) is 19.3 Å². The molecule has 0 atom stereocenters. The molecule has 16 heavy (non-hydrogen) atoms. The summed E-state index contributed by atoms with van der Waals surface area (Å²) in [4.78, 5) is 10.6. The van der Waals surface area contributed by atoms with Gasteiger partial charge in [0.15, 0.2) is 11.5 Å². The van der Waals surface area contributed by atoms with Gasteiger partial charge in [-0.3, -0.25) is 4.79 Å². The first-order valence-electron chi connectivity index (χ1n) is 5.59. The largest absolute Gasteiger partial charge is 0.493 e. The standard InChI is InChI=1S/C13H16O3/c1-15-13-7-11(8-14)5-6-12(13)16-9-10-3-2-4-10/h5-8,10H,2-4,9H2,1H3. The Balaban J connectivity index is 2.03. The molecule has 0 aromatic heterocycles. The molecule has 0 unspecified atom stereocenters. The smallest absolute Gasteiger partial charge is 0.161 e. The van der Waals surface area contributed by atoms with Crippen LogP contribution in [0.15, 0.2) is 18.2 Å². The first-order chi connectivity index (χ1) is 7.83. The van der Waals surface area contributed by atoms with Gasteiger partial charge in [-0.25, -0.2) is 0 Å². The van der Waals surface area contributed by atoms with E-state index in [-0.39, 0.29) is 0 Å². The van der Waals surface area contributed by atoms with Crippen molar-refractivity contribution in [2.24, 2.45) is 5.92 Å². The van der Waals surface area contributed by atoms with Crippen LogP contribution in [0.25, 0.3) is 0 Å². The number of carbonyl (C=O) groups is 1. The third kappa shape index (κ3) is 2.35. The predicted molar refractivity (Wildman–Crippen MR) is 61.2 cm³/mol. The molecule has 86 valence electrons. The molecule has 0 aliphatic heterocycles. The van der Waals surface area contributed by atoms with Crippen molar-refractivity contribution in [3.05, 3.63) is 23.8 Å². The van der Waals surface area contributed by atoms with Crippen LogP contribution in [-0.2, 0) is 0 Å². The Morgan fingerprint density at radius 3 is 2.75 bits per heavy atom. The normalized spacial score (nSPS) is 15.3. The molecule has 1 aliphatic carbocycles. The maximum atomic E-state index is 10.6. The lowest BCUT2D eigenvalue weighted by Crippen LogP contribution is -2.19. The van der Waals surface area contributed by atoms with Gasteiger partial charge in [-0.05, 0) is 37.0 Å². The van der Waals surface area contributed by atoms with Crippen LogP contribution >= 0.6 is 0 Å². The number of methoxy groups -OCH3 is 1. The van der Waals surface area contributed by atoms with Gasteiger partial charge in [0.25, 0.3) is 0 Å². The fraction of sp³-hybridized carbons (Fsp3) is 0.462. The second-order valence-corrected chi connectivity index (χ2v) is 4.14. The molecule has 0 N–H and O–H groups in total. The summed E-state index contributed by atoms with van der Waals surface area (Å²) in [5.41, 5.74) is 0.604. The highest BCUT2D eigenvalue weighted by Gasteiger charge is 2.18. The third-order valence-electron chi connectivity index (χ3n) is 3.02. The van der Waals surface area contributed by atoms with E-state index >= 15 is 0 Å². The van der Waals surface area contributed by atoms with Crippen LogP contribution in [0.1, 0.15) is 29.6 Å². The van der Waals surface area contributed by atoms with Crippen molar-refractivity contribution in [3.8, 4) is 11.5 Å². The van der Waals surface area contributed by atoms with Crippen molar-refractivity contribution in [3.63, 3.8) is 0 Å². The minimum absolute atomic E-state index is 0.604. The summed E-state index contributed by atoms with van der Waals surface area (Å²) in [6.45, 7) is 0.747. The summed E-state index contributed by atoms with van der Waals surface area (Å²) >= 11 is 0. The first-order valence-corrected chi connectivity index (χ1v) is 5.59. The molecule has 0 heterocycles. The van der Waals surface area contributed by atoms with Gasteiger partial charge in [0.1, 0.15) is 6.29 Å². The molecule has 3 heteroatoms. The first kappa shape index (κ1) is 11.0. The second-order valence-electron chi connectivity index (χ2n) is 4.14. The number of carbonyl (C=O) groups excluding carboxylic acids is 1. The van der Waals surface area contributed by atoms with Gasteiger partial charge in [0.2, 0.25) is 0 Å². The topological polar surface area (TPSA) is 35.5 Å². The molecule has 0 bridgehead atoms. The second kappa shape index (κ2) is 5.01. The van der Waals surface area contributed by atoms with Gasteiger partial charge in [-0.1, -0.05) is 6.42 Å². The van der Waals surface area contributed by atoms with Crippen molar-refractivity contribution in [1.29, 1.82) is 0 Å². The van der Waals surface area contributed by atoms with Crippen molar-refractivity contribution in [1.82, 2.24) is 0 Å². The molecule has 0 radical (unpaired) electrons.